The van der Waals surface area contributed by atoms with Crippen molar-refractivity contribution in [3.63, 3.8) is 0 Å². The first-order valence-electron chi connectivity index (χ1n) is 11.6. The Bertz CT molecular complexity index is 1360. The van der Waals surface area contributed by atoms with Gasteiger partial charge in [-0.1, -0.05) is 62.4 Å². The first-order valence-corrected chi connectivity index (χ1v) is 11.6. The summed E-state index contributed by atoms with van der Waals surface area (Å²) in [7, 11) is 0. The number of para-hydroxylation sites is 1. The molecule has 0 saturated carbocycles. The maximum Gasteiger partial charge on any atom is 0.330 e. The summed E-state index contributed by atoms with van der Waals surface area (Å²) >= 11 is 0. The molecule has 0 aliphatic carbocycles. The van der Waals surface area contributed by atoms with Crippen LogP contribution in [0.2, 0.25) is 0 Å². The number of nitrogens with zero attached hydrogens (tertiary/aromatic N) is 2. The zero-order chi connectivity index (χ0) is 25.1. The smallest absolute Gasteiger partial charge is 0.330 e. The minimum absolute atomic E-state index is 0.0461. The van der Waals surface area contributed by atoms with Crippen LogP contribution in [0.4, 0.5) is 17.2 Å². The van der Waals surface area contributed by atoms with E-state index >= 15 is 0 Å². The van der Waals surface area contributed by atoms with Crippen molar-refractivity contribution in [3.8, 4) is 0 Å². The Kier molecular flexibility index (Phi) is 6.86. The van der Waals surface area contributed by atoms with Crippen molar-refractivity contribution in [1.82, 2.24) is 9.55 Å². The number of benzene rings is 2. The Hall–Kier alpha value is -4.14. The number of rotatable bonds is 7. The second-order valence-electron chi connectivity index (χ2n) is 9.13. The molecule has 0 radical (unpaired) electrons. The minimum Gasteiger partial charge on any atom is -0.383 e. The molecule has 1 aromatic heterocycles. The van der Waals surface area contributed by atoms with Crippen LogP contribution >= 0.6 is 0 Å². The van der Waals surface area contributed by atoms with Gasteiger partial charge < -0.3 is 16.0 Å². The maximum atomic E-state index is 13.9. The molecule has 3 aromatic rings. The Morgan fingerprint density at radius 3 is 2.49 bits per heavy atom. The summed E-state index contributed by atoms with van der Waals surface area (Å²) in [6, 6.07) is 16.3. The first kappa shape index (κ1) is 24.0. The van der Waals surface area contributed by atoms with Gasteiger partial charge in [0.2, 0.25) is 11.8 Å². The fraction of sp³-hybridized carbons (Fsp3) is 0.308. The molecule has 0 fully saturated rings. The van der Waals surface area contributed by atoms with Crippen LogP contribution in [0.15, 0.2) is 64.2 Å². The van der Waals surface area contributed by atoms with Gasteiger partial charge in [0.05, 0.1) is 12.5 Å². The molecule has 35 heavy (non-hydrogen) atoms. The molecule has 182 valence electrons. The number of carbonyl (C=O) groups is 2. The summed E-state index contributed by atoms with van der Waals surface area (Å²) in [5, 5.41) is 2.79. The summed E-state index contributed by atoms with van der Waals surface area (Å²) in [6.45, 7) is 4.37. The lowest BCUT2D eigenvalue weighted by Crippen LogP contribution is -2.45. The number of hydrogen-bond acceptors (Lipinski definition) is 5. The van der Waals surface area contributed by atoms with E-state index in [1.165, 1.54) is 9.47 Å². The quantitative estimate of drug-likeness (QED) is 0.484. The highest BCUT2D eigenvalue weighted by Gasteiger charge is 2.35. The largest absolute Gasteiger partial charge is 0.383 e. The zero-order valence-corrected chi connectivity index (χ0v) is 19.8. The summed E-state index contributed by atoms with van der Waals surface area (Å²) in [6.07, 6.45) is 0.554. The number of aromatic amines is 1. The van der Waals surface area contributed by atoms with Gasteiger partial charge >= 0.3 is 5.69 Å². The SMILES string of the molecule is CC(C)CCN(C(=O)C1CC(=O)Nc2ccccc21)c1c(N)n(Cc2ccccc2)c(=O)[nH]c1=O. The third-order valence-electron chi connectivity index (χ3n) is 6.16. The number of fused-ring (bicyclic) bond motifs is 1. The highest BCUT2D eigenvalue weighted by atomic mass is 16.2. The van der Waals surface area contributed by atoms with Crippen LogP contribution in [-0.2, 0) is 16.1 Å². The minimum atomic E-state index is -0.777. The number of carbonyl (C=O) groups excluding carboxylic acids is 2. The molecule has 9 nitrogen and oxygen atoms in total. The number of H-pyrrole nitrogens is 1. The van der Waals surface area contributed by atoms with E-state index in [2.05, 4.69) is 10.3 Å². The van der Waals surface area contributed by atoms with E-state index in [1.807, 2.05) is 44.2 Å². The van der Waals surface area contributed by atoms with E-state index < -0.39 is 23.1 Å². The molecule has 2 amide bonds. The van der Waals surface area contributed by atoms with Crippen LogP contribution in [0.1, 0.15) is 43.7 Å². The highest BCUT2D eigenvalue weighted by Crippen LogP contribution is 2.35. The number of amides is 2. The van der Waals surface area contributed by atoms with Crippen molar-refractivity contribution in [2.75, 3.05) is 22.5 Å². The molecule has 0 spiro atoms. The van der Waals surface area contributed by atoms with Gasteiger partial charge in [0.1, 0.15) is 5.82 Å². The van der Waals surface area contributed by atoms with E-state index in [0.29, 0.717) is 17.7 Å². The Morgan fingerprint density at radius 2 is 1.77 bits per heavy atom. The molecule has 1 unspecified atom stereocenters. The topological polar surface area (TPSA) is 130 Å². The van der Waals surface area contributed by atoms with Crippen molar-refractivity contribution in [2.45, 2.75) is 39.2 Å². The lowest BCUT2D eigenvalue weighted by Gasteiger charge is -2.31. The van der Waals surface area contributed by atoms with Crippen molar-refractivity contribution in [2.24, 2.45) is 5.92 Å². The molecule has 9 heteroatoms. The molecule has 2 heterocycles. The van der Waals surface area contributed by atoms with E-state index in [4.69, 9.17) is 5.73 Å². The van der Waals surface area contributed by atoms with Gasteiger partial charge in [-0.05, 0) is 29.5 Å². The summed E-state index contributed by atoms with van der Waals surface area (Å²) in [5.41, 5.74) is 7.00. The number of nitrogen functional groups attached to an aromatic ring is 1. The molecule has 1 aliphatic heterocycles. The fourth-order valence-corrected chi connectivity index (χ4v) is 4.30. The molecule has 0 saturated heterocycles. The lowest BCUT2D eigenvalue weighted by molar-refractivity contribution is -0.124. The van der Waals surface area contributed by atoms with Gasteiger partial charge in [0.25, 0.3) is 5.56 Å². The van der Waals surface area contributed by atoms with E-state index in [9.17, 15) is 19.2 Å². The third-order valence-corrected chi connectivity index (χ3v) is 6.16. The average Bonchev–Trinajstić information content (AvgIpc) is 2.83. The van der Waals surface area contributed by atoms with Gasteiger partial charge in [0, 0.05) is 18.7 Å². The van der Waals surface area contributed by atoms with Crippen LogP contribution in [0.25, 0.3) is 0 Å². The summed E-state index contributed by atoms with van der Waals surface area (Å²) < 4.78 is 1.25. The molecular formula is C26H29N5O4. The van der Waals surface area contributed by atoms with E-state index in [-0.39, 0.29) is 42.8 Å². The number of anilines is 3. The van der Waals surface area contributed by atoms with Gasteiger partial charge in [0.15, 0.2) is 5.69 Å². The van der Waals surface area contributed by atoms with Crippen molar-refractivity contribution in [1.29, 1.82) is 0 Å². The monoisotopic (exact) mass is 475 g/mol. The zero-order valence-electron chi connectivity index (χ0n) is 19.8. The first-order chi connectivity index (χ1) is 16.8. The molecule has 4 N–H and O–H groups in total. The van der Waals surface area contributed by atoms with Crippen molar-refractivity contribution in [3.05, 3.63) is 86.6 Å². The molecule has 1 atom stereocenters. The fourth-order valence-electron chi connectivity index (χ4n) is 4.30. The standard InChI is InChI=1S/C26H29N5O4/c1-16(2)12-13-30(25(34)19-14-21(32)28-20-11-7-6-10-18(19)20)22-23(27)31(26(35)29-24(22)33)15-17-8-4-3-5-9-17/h3-11,16,19H,12-15,27H2,1-2H3,(H,28,32)(H,29,33,35). The summed E-state index contributed by atoms with van der Waals surface area (Å²) in [5.74, 6) is -1.31. The van der Waals surface area contributed by atoms with E-state index in [1.54, 1.807) is 24.3 Å². The number of aromatic nitrogens is 2. The number of nitrogens with two attached hydrogens (primary N) is 1. The van der Waals surface area contributed by atoms with E-state index in [0.717, 1.165) is 5.56 Å². The van der Waals surface area contributed by atoms with Gasteiger partial charge in [-0.15, -0.1) is 0 Å². The number of nitrogens with one attached hydrogen (secondary N) is 2. The summed E-state index contributed by atoms with van der Waals surface area (Å²) in [4.78, 5) is 55.7. The number of hydrogen-bond donors (Lipinski definition) is 3. The molecule has 1 aliphatic rings. The Balaban J connectivity index is 1.81. The molecule has 2 aromatic carbocycles. The van der Waals surface area contributed by atoms with Crippen LogP contribution in [0.5, 0.6) is 0 Å². The maximum absolute atomic E-state index is 13.9. The van der Waals surface area contributed by atoms with Crippen molar-refractivity contribution >= 4 is 29.0 Å². The molecule has 0 bridgehead atoms. The Labute approximate surface area is 202 Å². The normalized spacial score (nSPS) is 14.9. The van der Waals surface area contributed by atoms with Gasteiger partial charge in [-0.2, -0.15) is 0 Å². The predicted molar refractivity (Wildman–Crippen MR) is 136 cm³/mol. The highest BCUT2D eigenvalue weighted by molar-refractivity contribution is 6.06. The van der Waals surface area contributed by atoms with Crippen LogP contribution < -0.4 is 27.2 Å². The molecule has 4 rings (SSSR count). The van der Waals surface area contributed by atoms with Crippen molar-refractivity contribution < 1.29 is 9.59 Å². The van der Waals surface area contributed by atoms with Crippen LogP contribution in [0, 0.1) is 5.92 Å². The second-order valence-corrected chi connectivity index (χ2v) is 9.13. The lowest BCUT2D eigenvalue weighted by atomic mass is 9.89. The average molecular weight is 476 g/mol. The van der Waals surface area contributed by atoms with Crippen LogP contribution in [0.3, 0.4) is 0 Å². The Morgan fingerprint density at radius 1 is 1.09 bits per heavy atom. The van der Waals surface area contributed by atoms with Gasteiger partial charge in [-0.3, -0.25) is 23.9 Å². The second kappa shape index (κ2) is 10.0. The molecular weight excluding hydrogens is 446 g/mol. The van der Waals surface area contributed by atoms with Crippen LogP contribution in [-0.4, -0.2) is 27.9 Å². The third kappa shape index (κ3) is 5.03. The van der Waals surface area contributed by atoms with Gasteiger partial charge in [-0.25, -0.2) is 4.79 Å². The predicted octanol–water partition coefficient (Wildman–Crippen LogP) is 2.67.